The highest BCUT2D eigenvalue weighted by molar-refractivity contribution is 5.88. The van der Waals surface area contributed by atoms with Crippen molar-refractivity contribution in [1.29, 1.82) is 0 Å². The number of carbonyl (C=O) groups is 3. The lowest BCUT2D eigenvalue weighted by molar-refractivity contribution is -0.148. The first-order valence-electron chi connectivity index (χ1n) is 11.2. The molecule has 0 radical (unpaired) electrons. The van der Waals surface area contributed by atoms with Crippen LogP contribution in [-0.2, 0) is 14.3 Å². The second-order valence-electron chi connectivity index (χ2n) is 9.19. The molecule has 2 N–H and O–H groups in total. The van der Waals surface area contributed by atoms with Crippen LogP contribution in [0, 0.1) is 11.8 Å². The van der Waals surface area contributed by atoms with E-state index in [-0.39, 0.29) is 25.0 Å². The SMILES string of the molecule is O=C(NC[C@H]1C[C@H]1C(=O)N1CC(F)(F)CC1C(=O)O)OCC1c2ccccc2-c2ccccc21. The van der Waals surface area contributed by atoms with Crippen molar-refractivity contribution in [2.24, 2.45) is 11.8 Å². The van der Waals surface area contributed by atoms with Crippen molar-refractivity contribution >= 4 is 18.0 Å². The number of ether oxygens (including phenoxy) is 1. The summed E-state index contributed by atoms with van der Waals surface area (Å²) in [5, 5.41) is 11.8. The summed E-state index contributed by atoms with van der Waals surface area (Å²) in [4.78, 5) is 36.9. The molecule has 5 rings (SSSR count). The summed E-state index contributed by atoms with van der Waals surface area (Å²) >= 11 is 0. The van der Waals surface area contributed by atoms with Gasteiger partial charge in [0.2, 0.25) is 5.91 Å². The average molecular weight is 470 g/mol. The van der Waals surface area contributed by atoms with Gasteiger partial charge in [-0.15, -0.1) is 0 Å². The minimum atomic E-state index is -3.21. The van der Waals surface area contributed by atoms with Crippen molar-refractivity contribution in [3.63, 3.8) is 0 Å². The molecule has 1 unspecified atom stereocenters. The first-order chi connectivity index (χ1) is 16.2. The molecule has 3 atom stereocenters. The fourth-order valence-corrected chi connectivity index (χ4v) is 5.12. The minimum absolute atomic E-state index is 0.0711. The largest absolute Gasteiger partial charge is 0.480 e. The molecule has 1 saturated carbocycles. The molecule has 34 heavy (non-hydrogen) atoms. The summed E-state index contributed by atoms with van der Waals surface area (Å²) in [6.07, 6.45) is -1.07. The molecule has 7 nitrogen and oxygen atoms in total. The third kappa shape index (κ3) is 4.10. The van der Waals surface area contributed by atoms with Crippen LogP contribution in [0.1, 0.15) is 29.9 Å². The summed E-state index contributed by atoms with van der Waals surface area (Å²) in [5.74, 6) is -6.09. The maximum Gasteiger partial charge on any atom is 0.407 e. The van der Waals surface area contributed by atoms with Crippen molar-refractivity contribution < 1.29 is 33.0 Å². The molecule has 0 spiro atoms. The number of carbonyl (C=O) groups excluding carboxylic acids is 2. The molecule has 1 aliphatic heterocycles. The lowest BCUT2D eigenvalue weighted by atomic mass is 9.98. The molecule has 9 heteroatoms. The Morgan fingerprint density at radius 3 is 2.29 bits per heavy atom. The zero-order valence-corrected chi connectivity index (χ0v) is 18.2. The van der Waals surface area contributed by atoms with E-state index in [0.29, 0.717) is 6.42 Å². The van der Waals surface area contributed by atoms with E-state index in [4.69, 9.17) is 4.74 Å². The topological polar surface area (TPSA) is 95.9 Å². The molecule has 2 amide bonds. The van der Waals surface area contributed by atoms with Gasteiger partial charge in [-0.25, -0.2) is 18.4 Å². The fraction of sp³-hybridized carbons (Fsp3) is 0.400. The minimum Gasteiger partial charge on any atom is -0.480 e. The van der Waals surface area contributed by atoms with E-state index in [1.165, 1.54) is 0 Å². The van der Waals surface area contributed by atoms with Gasteiger partial charge in [-0.3, -0.25) is 4.79 Å². The van der Waals surface area contributed by atoms with Crippen molar-refractivity contribution in [3.8, 4) is 11.1 Å². The number of carboxylic acid groups (broad SMARTS) is 1. The molecule has 1 heterocycles. The van der Waals surface area contributed by atoms with Crippen LogP contribution in [0.15, 0.2) is 48.5 Å². The Labute approximate surface area is 194 Å². The Kier molecular flexibility index (Phi) is 5.50. The zero-order chi connectivity index (χ0) is 24.0. The molecule has 0 bridgehead atoms. The van der Waals surface area contributed by atoms with Gasteiger partial charge in [0.1, 0.15) is 12.6 Å². The lowest BCUT2D eigenvalue weighted by Gasteiger charge is -2.21. The molecule has 2 aromatic carbocycles. The highest BCUT2D eigenvalue weighted by atomic mass is 19.3. The van der Waals surface area contributed by atoms with E-state index in [1.54, 1.807) is 0 Å². The number of alkyl carbamates (subject to hydrolysis) is 1. The van der Waals surface area contributed by atoms with E-state index in [0.717, 1.165) is 27.2 Å². The Hall–Kier alpha value is -3.49. The molecule has 2 fully saturated rings. The van der Waals surface area contributed by atoms with Crippen LogP contribution in [0.3, 0.4) is 0 Å². The normalized spacial score (nSPS) is 24.3. The Morgan fingerprint density at radius 1 is 1.06 bits per heavy atom. The summed E-state index contributed by atoms with van der Waals surface area (Å²) in [7, 11) is 0. The van der Waals surface area contributed by atoms with Crippen LogP contribution >= 0.6 is 0 Å². The number of alkyl halides is 2. The van der Waals surface area contributed by atoms with Gasteiger partial charge in [0, 0.05) is 24.8 Å². The molecule has 2 aliphatic carbocycles. The average Bonchev–Trinajstić information content (AvgIpc) is 3.42. The smallest absolute Gasteiger partial charge is 0.407 e. The van der Waals surface area contributed by atoms with Crippen molar-refractivity contribution in [1.82, 2.24) is 10.2 Å². The second kappa shape index (κ2) is 8.38. The van der Waals surface area contributed by atoms with Gasteiger partial charge in [0.05, 0.1) is 6.54 Å². The predicted molar refractivity (Wildman–Crippen MR) is 117 cm³/mol. The van der Waals surface area contributed by atoms with Crippen LogP contribution in [-0.4, -0.2) is 59.6 Å². The van der Waals surface area contributed by atoms with Crippen LogP contribution in [0.5, 0.6) is 0 Å². The van der Waals surface area contributed by atoms with Crippen LogP contribution < -0.4 is 5.32 Å². The third-order valence-electron chi connectivity index (χ3n) is 6.93. The van der Waals surface area contributed by atoms with Gasteiger partial charge in [0.15, 0.2) is 0 Å². The maximum atomic E-state index is 13.7. The van der Waals surface area contributed by atoms with Gasteiger partial charge in [-0.05, 0) is 34.6 Å². The number of carboxylic acids is 1. The molecule has 1 saturated heterocycles. The molecule has 2 aromatic rings. The second-order valence-corrected chi connectivity index (χ2v) is 9.19. The Morgan fingerprint density at radius 2 is 1.68 bits per heavy atom. The number of benzene rings is 2. The van der Waals surface area contributed by atoms with Crippen molar-refractivity contribution in [2.45, 2.75) is 30.7 Å². The summed E-state index contributed by atoms with van der Waals surface area (Å²) in [5.41, 5.74) is 4.44. The van der Waals surface area contributed by atoms with Gasteiger partial charge in [-0.1, -0.05) is 48.5 Å². The number of hydrogen-bond donors (Lipinski definition) is 2. The maximum absolute atomic E-state index is 13.7. The summed E-state index contributed by atoms with van der Waals surface area (Å²) < 4.78 is 32.8. The van der Waals surface area contributed by atoms with E-state index in [1.807, 2.05) is 48.5 Å². The quantitative estimate of drug-likeness (QED) is 0.674. The number of aliphatic carboxylic acids is 1. The van der Waals surface area contributed by atoms with Gasteiger partial charge < -0.3 is 20.1 Å². The van der Waals surface area contributed by atoms with Gasteiger partial charge in [-0.2, -0.15) is 0 Å². The van der Waals surface area contributed by atoms with Crippen molar-refractivity contribution in [2.75, 3.05) is 19.7 Å². The van der Waals surface area contributed by atoms with Crippen LogP contribution in [0.4, 0.5) is 13.6 Å². The van der Waals surface area contributed by atoms with Crippen LogP contribution in [0.2, 0.25) is 0 Å². The van der Waals surface area contributed by atoms with Gasteiger partial charge >= 0.3 is 12.1 Å². The van der Waals surface area contributed by atoms with Crippen LogP contribution in [0.25, 0.3) is 11.1 Å². The number of halogens is 2. The first-order valence-corrected chi connectivity index (χ1v) is 11.2. The zero-order valence-electron chi connectivity index (χ0n) is 18.2. The number of fused-ring (bicyclic) bond motifs is 3. The number of nitrogens with one attached hydrogen (secondary N) is 1. The molecule has 178 valence electrons. The monoisotopic (exact) mass is 470 g/mol. The molecular formula is C25H24F2N2O5. The fourth-order valence-electron chi connectivity index (χ4n) is 5.12. The number of rotatable bonds is 6. The predicted octanol–water partition coefficient (Wildman–Crippen LogP) is 3.48. The highest BCUT2D eigenvalue weighted by Gasteiger charge is 2.54. The Balaban J connectivity index is 1.13. The number of hydrogen-bond acceptors (Lipinski definition) is 4. The standard InChI is InChI=1S/C25H24F2N2O5/c26-25(27)10-21(23(31)32)29(13-25)22(30)19-9-14(19)11-28-24(33)34-12-20-17-7-3-1-5-15(17)16-6-2-4-8-18(16)20/h1-8,14,19-21H,9-13H2,(H,28,33)(H,31,32)/t14-,19-,21?/m1/s1. The number of amides is 2. The Bertz CT molecular complexity index is 1110. The van der Waals surface area contributed by atoms with E-state index < -0.39 is 48.8 Å². The van der Waals surface area contributed by atoms with E-state index in [2.05, 4.69) is 5.32 Å². The molecule has 0 aromatic heterocycles. The molecule has 3 aliphatic rings. The number of likely N-dealkylation sites (tertiary alicyclic amines) is 1. The van der Waals surface area contributed by atoms with E-state index in [9.17, 15) is 28.3 Å². The summed E-state index contributed by atoms with van der Waals surface area (Å²) in [6.45, 7) is -0.559. The van der Waals surface area contributed by atoms with Gasteiger partial charge in [0.25, 0.3) is 5.92 Å². The first kappa shape index (κ1) is 22.3. The van der Waals surface area contributed by atoms with E-state index >= 15 is 0 Å². The highest BCUT2D eigenvalue weighted by Crippen LogP contribution is 2.45. The number of nitrogens with zero attached hydrogens (tertiary/aromatic N) is 1. The third-order valence-corrected chi connectivity index (χ3v) is 6.93. The lowest BCUT2D eigenvalue weighted by Crippen LogP contribution is -2.42. The van der Waals surface area contributed by atoms with Crippen molar-refractivity contribution in [3.05, 3.63) is 59.7 Å². The summed E-state index contributed by atoms with van der Waals surface area (Å²) in [6, 6.07) is 14.5. The molecular weight excluding hydrogens is 446 g/mol.